The topological polar surface area (TPSA) is 29.3 Å². The van der Waals surface area contributed by atoms with Crippen LogP contribution in [0.25, 0.3) is 0 Å². The summed E-state index contributed by atoms with van der Waals surface area (Å²) in [6.07, 6.45) is 6.58. The zero-order valence-electron chi connectivity index (χ0n) is 11.9. The highest BCUT2D eigenvalue weighted by atomic mass is 32.2. The summed E-state index contributed by atoms with van der Waals surface area (Å²) in [5.74, 6) is 1.26. The van der Waals surface area contributed by atoms with Gasteiger partial charge in [-0.2, -0.15) is 11.8 Å². The first-order valence-corrected chi connectivity index (χ1v) is 8.15. The predicted molar refractivity (Wildman–Crippen MR) is 79.7 cm³/mol. The molecule has 0 radical (unpaired) electrons. The van der Waals surface area contributed by atoms with E-state index in [4.69, 9.17) is 5.73 Å². The zero-order valence-corrected chi connectivity index (χ0v) is 12.7. The molecule has 2 N–H and O–H groups in total. The number of thioether (sulfide) groups is 1. The van der Waals surface area contributed by atoms with Gasteiger partial charge in [-0.1, -0.05) is 40.0 Å². The molecular weight excluding hydrogens is 228 g/mol. The van der Waals surface area contributed by atoms with Gasteiger partial charge in [0, 0.05) is 29.6 Å². The fraction of sp³-hybridized carbons (Fsp3) is 1.00. The Bertz CT molecular complexity index is 206. The third-order valence-electron chi connectivity index (χ3n) is 3.80. The number of hydrogen-bond donors (Lipinski definition) is 1. The quantitative estimate of drug-likeness (QED) is 0.742. The van der Waals surface area contributed by atoms with Crippen molar-refractivity contribution in [3.05, 3.63) is 0 Å². The monoisotopic (exact) mass is 258 g/mol. The number of unbranched alkanes of at least 4 members (excludes halogenated alkanes) is 2. The van der Waals surface area contributed by atoms with Crippen LogP contribution in [-0.4, -0.2) is 41.1 Å². The van der Waals surface area contributed by atoms with Crippen LogP contribution in [0.1, 0.15) is 52.9 Å². The molecule has 1 fully saturated rings. The van der Waals surface area contributed by atoms with Gasteiger partial charge in [0.05, 0.1) is 0 Å². The van der Waals surface area contributed by atoms with Gasteiger partial charge in [-0.15, -0.1) is 0 Å². The van der Waals surface area contributed by atoms with Gasteiger partial charge in [0.15, 0.2) is 0 Å². The Balaban J connectivity index is 2.40. The molecule has 2 nitrogen and oxygen atoms in total. The van der Waals surface area contributed by atoms with Gasteiger partial charge < -0.3 is 5.73 Å². The maximum atomic E-state index is 5.96. The van der Waals surface area contributed by atoms with Crippen molar-refractivity contribution in [1.29, 1.82) is 0 Å². The normalized spacial score (nSPS) is 23.3. The molecule has 1 atom stereocenters. The lowest BCUT2D eigenvalue weighted by atomic mass is 10.0. The number of nitrogens with zero attached hydrogens (tertiary/aromatic N) is 1. The average molecular weight is 258 g/mol. The molecule has 1 saturated heterocycles. The van der Waals surface area contributed by atoms with Crippen molar-refractivity contribution < 1.29 is 0 Å². The SMILES string of the molecule is CCCCCC(CN)N1CCSC(C)(C)CC1. The first-order valence-electron chi connectivity index (χ1n) is 7.17. The minimum Gasteiger partial charge on any atom is -0.329 e. The number of hydrogen-bond acceptors (Lipinski definition) is 3. The van der Waals surface area contributed by atoms with Crippen LogP contribution in [0.15, 0.2) is 0 Å². The molecule has 0 aromatic carbocycles. The highest BCUT2D eigenvalue weighted by Crippen LogP contribution is 2.31. The fourth-order valence-electron chi connectivity index (χ4n) is 2.48. The van der Waals surface area contributed by atoms with Crippen LogP contribution in [0.3, 0.4) is 0 Å². The molecule has 0 aliphatic carbocycles. The molecule has 1 rings (SSSR count). The number of nitrogens with two attached hydrogens (primary N) is 1. The second-order valence-corrected chi connectivity index (χ2v) is 7.58. The zero-order chi connectivity index (χ0) is 12.7. The first-order chi connectivity index (χ1) is 8.09. The van der Waals surface area contributed by atoms with Crippen molar-refractivity contribution in [3.8, 4) is 0 Å². The molecule has 1 unspecified atom stereocenters. The van der Waals surface area contributed by atoms with Crippen LogP contribution in [0.2, 0.25) is 0 Å². The maximum Gasteiger partial charge on any atom is 0.0218 e. The van der Waals surface area contributed by atoms with Crippen LogP contribution in [0.4, 0.5) is 0 Å². The lowest BCUT2D eigenvalue weighted by Crippen LogP contribution is -2.42. The fourth-order valence-corrected chi connectivity index (χ4v) is 3.59. The van der Waals surface area contributed by atoms with Gasteiger partial charge in [-0.05, 0) is 19.4 Å². The summed E-state index contributed by atoms with van der Waals surface area (Å²) in [7, 11) is 0. The van der Waals surface area contributed by atoms with Crippen molar-refractivity contribution in [2.45, 2.75) is 63.7 Å². The first kappa shape index (κ1) is 15.3. The third-order valence-corrected chi connectivity index (χ3v) is 5.17. The van der Waals surface area contributed by atoms with Crippen molar-refractivity contribution in [2.24, 2.45) is 5.73 Å². The lowest BCUT2D eigenvalue weighted by Gasteiger charge is -2.30. The highest BCUT2D eigenvalue weighted by molar-refractivity contribution is 8.00. The van der Waals surface area contributed by atoms with Gasteiger partial charge in [0.2, 0.25) is 0 Å². The van der Waals surface area contributed by atoms with E-state index in [9.17, 15) is 0 Å². The summed E-state index contributed by atoms with van der Waals surface area (Å²) < 4.78 is 0.456. The standard InChI is InChI=1S/C14H30N2S/c1-4-5-6-7-13(12-15)16-9-8-14(2,3)17-11-10-16/h13H,4-12,15H2,1-3H3. The van der Waals surface area contributed by atoms with Crippen molar-refractivity contribution in [3.63, 3.8) is 0 Å². The number of rotatable bonds is 6. The minimum absolute atomic E-state index is 0.456. The summed E-state index contributed by atoms with van der Waals surface area (Å²) in [6, 6.07) is 0.621. The van der Waals surface area contributed by atoms with E-state index in [0.717, 1.165) is 6.54 Å². The Morgan fingerprint density at radius 3 is 2.71 bits per heavy atom. The molecular formula is C14H30N2S. The molecule has 0 aromatic heterocycles. The minimum atomic E-state index is 0.456. The maximum absolute atomic E-state index is 5.96. The van der Waals surface area contributed by atoms with Crippen LogP contribution >= 0.6 is 11.8 Å². The average Bonchev–Trinajstić information content (AvgIpc) is 2.46. The predicted octanol–water partition coefficient (Wildman–Crippen LogP) is 3.11. The van der Waals surface area contributed by atoms with Crippen LogP contribution in [0, 0.1) is 0 Å². The highest BCUT2D eigenvalue weighted by Gasteiger charge is 2.26. The molecule has 1 aliphatic heterocycles. The van der Waals surface area contributed by atoms with Crippen LogP contribution < -0.4 is 5.73 Å². The van der Waals surface area contributed by atoms with Crippen molar-refractivity contribution in [1.82, 2.24) is 4.90 Å². The second kappa shape index (κ2) is 7.65. The van der Waals surface area contributed by atoms with Gasteiger partial charge in [-0.25, -0.2) is 0 Å². The van der Waals surface area contributed by atoms with E-state index >= 15 is 0 Å². The molecule has 0 spiro atoms. The Kier molecular flexibility index (Phi) is 6.90. The third kappa shape index (κ3) is 5.62. The Labute approximate surface area is 112 Å². The Hall–Kier alpha value is 0.270. The van der Waals surface area contributed by atoms with Gasteiger partial charge >= 0.3 is 0 Å². The van der Waals surface area contributed by atoms with Gasteiger partial charge in [0.1, 0.15) is 0 Å². The van der Waals surface area contributed by atoms with E-state index in [-0.39, 0.29) is 0 Å². The van der Waals surface area contributed by atoms with E-state index in [1.54, 1.807) is 0 Å². The largest absolute Gasteiger partial charge is 0.329 e. The molecule has 0 aromatic rings. The molecule has 0 saturated carbocycles. The summed E-state index contributed by atoms with van der Waals surface area (Å²) in [5, 5.41) is 0. The van der Waals surface area contributed by atoms with Gasteiger partial charge in [0.25, 0.3) is 0 Å². The second-order valence-electron chi connectivity index (χ2n) is 5.78. The van der Waals surface area contributed by atoms with Crippen molar-refractivity contribution in [2.75, 3.05) is 25.4 Å². The van der Waals surface area contributed by atoms with E-state index in [1.807, 2.05) is 0 Å². The summed E-state index contributed by atoms with van der Waals surface area (Å²) in [6.45, 7) is 10.3. The van der Waals surface area contributed by atoms with E-state index in [0.29, 0.717) is 10.8 Å². The summed E-state index contributed by atoms with van der Waals surface area (Å²) in [5.41, 5.74) is 5.96. The van der Waals surface area contributed by atoms with E-state index < -0.39 is 0 Å². The van der Waals surface area contributed by atoms with Crippen LogP contribution in [-0.2, 0) is 0 Å². The Morgan fingerprint density at radius 1 is 1.29 bits per heavy atom. The van der Waals surface area contributed by atoms with Gasteiger partial charge in [-0.3, -0.25) is 4.90 Å². The smallest absolute Gasteiger partial charge is 0.0218 e. The molecule has 102 valence electrons. The molecule has 1 aliphatic rings. The molecule has 17 heavy (non-hydrogen) atoms. The molecule has 1 heterocycles. The van der Waals surface area contributed by atoms with E-state index in [1.165, 1.54) is 50.9 Å². The molecule has 0 amide bonds. The van der Waals surface area contributed by atoms with E-state index in [2.05, 4.69) is 37.4 Å². The lowest BCUT2D eigenvalue weighted by molar-refractivity contribution is 0.196. The van der Waals surface area contributed by atoms with Crippen LogP contribution in [0.5, 0.6) is 0 Å². The molecule has 0 bridgehead atoms. The molecule has 3 heteroatoms. The summed E-state index contributed by atoms with van der Waals surface area (Å²) in [4.78, 5) is 2.64. The summed E-state index contributed by atoms with van der Waals surface area (Å²) >= 11 is 2.12. The van der Waals surface area contributed by atoms with Crippen molar-refractivity contribution >= 4 is 11.8 Å². The Morgan fingerprint density at radius 2 is 2.06 bits per heavy atom.